The van der Waals surface area contributed by atoms with E-state index in [0.717, 1.165) is 52.2 Å². The van der Waals surface area contributed by atoms with Crippen molar-refractivity contribution in [1.29, 1.82) is 0 Å². The number of carbonyl (C=O) groups is 1. The van der Waals surface area contributed by atoms with Crippen LogP contribution < -0.4 is 5.14 Å². The Balaban J connectivity index is 1.47. The maximum atomic E-state index is 14.8. The molecule has 0 amide bonds. The highest BCUT2D eigenvalue weighted by molar-refractivity contribution is 7.82. The van der Waals surface area contributed by atoms with Gasteiger partial charge < -0.3 is 5.11 Å². The van der Waals surface area contributed by atoms with Crippen LogP contribution in [0.1, 0.15) is 55.5 Å². The third-order valence-corrected chi connectivity index (χ3v) is 9.77. The maximum absolute atomic E-state index is 14.8. The standard InChI is InChI=1S/C31H27FN4O3S3/c1-18-5-10-23(41-18)11-8-19-3-2-4-22(13-19)29-24(14-21-9-12-28(42(33)39)25(32)15-21)27(16-20-6-7-20)36(35-29)31-34-26(17-40-31)30(37)38/h2-5,8-13,15,17,20H,6-7,14,16H2,1H3,(H2,33,39)(H,37,38)/p+1/b11-8+. The zero-order valence-electron chi connectivity index (χ0n) is 22.7. The van der Waals surface area contributed by atoms with E-state index in [9.17, 15) is 18.5 Å². The summed E-state index contributed by atoms with van der Waals surface area (Å²) in [4.78, 5) is 18.4. The van der Waals surface area contributed by atoms with Gasteiger partial charge in [-0.15, -0.1) is 27.8 Å². The molecule has 1 atom stereocenters. The first kappa shape index (κ1) is 28.4. The third kappa shape index (κ3) is 6.19. The van der Waals surface area contributed by atoms with Gasteiger partial charge in [-0.25, -0.2) is 18.9 Å². The topological polar surface area (TPSA) is 111 Å². The van der Waals surface area contributed by atoms with Crippen LogP contribution in [0.5, 0.6) is 0 Å². The molecule has 0 aliphatic heterocycles. The quantitative estimate of drug-likeness (QED) is 0.131. The van der Waals surface area contributed by atoms with E-state index in [1.807, 2.05) is 18.2 Å². The lowest BCUT2D eigenvalue weighted by atomic mass is 9.96. The highest BCUT2D eigenvalue weighted by atomic mass is 32.2. The Labute approximate surface area is 252 Å². The van der Waals surface area contributed by atoms with Gasteiger partial charge in [0.05, 0.1) is 11.4 Å². The summed E-state index contributed by atoms with van der Waals surface area (Å²) in [6.07, 6.45) is 7.49. The molecule has 6 rings (SSSR count). The predicted octanol–water partition coefficient (Wildman–Crippen LogP) is 6.85. The van der Waals surface area contributed by atoms with Gasteiger partial charge in [0, 0.05) is 32.7 Å². The van der Waals surface area contributed by atoms with Crippen molar-refractivity contribution in [2.75, 3.05) is 0 Å². The minimum Gasteiger partial charge on any atom is -0.476 e. The number of carboxylic acid groups (broad SMARTS) is 1. The Morgan fingerprint density at radius 3 is 2.69 bits per heavy atom. The fourth-order valence-electron chi connectivity index (χ4n) is 4.88. The Morgan fingerprint density at radius 2 is 2.02 bits per heavy atom. The Morgan fingerprint density at radius 1 is 1.19 bits per heavy atom. The second kappa shape index (κ2) is 11.8. The molecule has 1 aliphatic carbocycles. The van der Waals surface area contributed by atoms with Gasteiger partial charge >= 0.3 is 5.97 Å². The number of hydrogen-bond acceptors (Lipinski definition) is 6. The van der Waals surface area contributed by atoms with Gasteiger partial charge in [-0.1, -0.05) is 34.6 Å². The van der Waals surface area contributed by atoms with Crippen molar-refractivity contribution >= 4 is 51.8 Å². The zero-order chi connectivity index (χ0) is 29.4. The molecule has 3 N–H and O–H groups in total. The molecule has 214 valence electrons. The van der Waals surface area contributed by atoms with E-state index in [1.165, 1.54) is 33.7 Å². The third-order valence-electron chi connectivity index (χ3n) is 7.15. The molecule has 3 heterocycles. The van der Waals surface area contributed by atoms with Crippen molar-refractivity contribution in [2.24, 2.45) is 11.1 Å². The number of aryl methyl sites for hydroxylation is 1. The van der Waals surface area contributed by atoms with E-state index < -0.39 is 22.8 Å². The molecule has 1 aliphatic rings. The summed E-state index contributed by atoms with van der Waals surface area (Å²) in [5.41, 5.74) is 5.15. The van der Waals surface area contributed by atoms with Crippen LogP contribution in [0.15, 0.2) is 64.9 Å². The van der Waals surface area contributed by atoms with Crippen molar-refractivity contribution < 1.29 is 18.5 Å². The number of rotatable bonds is 10. The average molecular weight is 620 g/mol. The van der Waals surface area contributed by atoms with Crippen molar-refractivity contribution in [3.8, 4) is 16.4 Å². The van der Waals surface area contributed by atoms with Crippen molar-refractivity contribution in [2.45, 2.75) is 37.5 Å². The second-order valence-corrected chi connectivity index (χ2v) is 13.6. The highest BCUT2D eigenvalue weighted by Crippen LogP contribution is 2.38. The summed E-state index contributed by atoms with van der Waals surface area (Å²) < 4.78 is 28.3. The molecular formula is C31H28FN4O3S3+. The Bertz CT molecular complexity index is 1850. The fourth-order valence-corrected chi connectivity index (χ4v) is 6.93. The lowest BCUT2D eigenvalue weighted by Crippen LogP contribution is -2.07. The zero-order valence-corrected chi connectivity index (χ0v) is 25.2. The first-order chi connectivity index (χ1) is 20.2. The van der Waals surface area contributed by atoms with Crippen molar-refractivity contribution in [3.63, 3.8) is 0 Å². The van der Waals surface area contributed by atoms with Crippen LogP contribution in [0.3, 0.4) is 0 Å². The number of nitrogens with zero attached hydrogens (tertiary/aromatic N) is 3. The number of hydrogen-bond donors (Lipinski definition) is 2. The molecular weight excluding hydrogens is 592 g/mol. The molecule has 0 bridgehead atoms. The number of halogens is 1. The second-order valence-electron chi connectivity index (χ2n) is 10.3. The molecule has 1 saturated carbocycles. The van der Waals surface area contributed by atoms with Gasteiger partial charge in [-0.3, -0.25) is 0 Å². The van der Waals surface area contributed by atoms with E-state index in [-0.39, 0.29) is 10.6 Å². The number of thiazole rings is 1. The van der Waals surface area contributed by atoms with Gasteiger partial charge in [0.2, 0.25) is 10.0 Å². The molecule has 0 spiro atoms. The van der Waals surface area contributed by atoms with Gasteiger partial charge in [-0.2, -0.15) is 5.10 Å². The highest BCUT2D eigenvalue weighted by Gasteiger charge is 2.29. The van der Waals surface area contributed by atoms with E-state index >= 15 is 0 Å². The molecule has 7 nitrogen and oxygen atoms in total. The number of aromatic carboxylic acids is 1. The first-order valence-electron chi connectivity index (χ1n) is 13.4. The summed E-state index contributed by atoms with van der Waals surface area (Å²) in [5.74, 6) is -1.20. The smallest absolute Gasteiger partial charge is 0.355 e. The van der Waals surface area contributed by atoms with E-state index in [0.29, 0.717) is 23.0 Å². The Hall–Kier alpha value is -3.77. The summed E-state index contributed by atoms with van der Waals surface area (Å²) in [6.45, 7) is 2.08. The molecule has 2 aromatic carbocycles. The minimum atomic E-state index is -2.29. The normalized spacial score (nSPS) is 14.1. The summed E-state index contributed by atoms with van der Waals surface area (Å²) in [5, 5.41) is 22.0. The molecule has 42 heavy (non-hydrogen) atoms. The van der Waals surface area contributed by atoms with Crippen molar-refractivity contribution in [1.82, 2.24) is 14.8 Å². The summed E-state index contributed by atoms with van der Waals surface area (Å²) in [7, 11) is -2.29. The number of nitrogens with two attached hydrogens (primary N) is 1. The lowest BCUT2D eigenvalue weighted by molar-refractivity contribution is 0.0691. The minimum absolute atomic E-state index is 0.00715. The van der Waals surface area contributed by atoms with E-state index in [2.05, 4.69) is 42.3 Å². The number of aromatic nitrogens is 3. The molecule has 1 fully saturated rings. The van der Waals surface area contributed by atoms with Crippen LogP contribution in [0.2, 0.25) is 0 Å². The maximum Gasteiger partial charge on any atom is 0.355 e. The number of thiophene rings is 1. The lowest BCUT2D eigenvalue weighted by Gasteiger charge is -2.09. The SMILES string of the molecule is Cc1ccc(/C=C/c2cccc(-c3nn(-c4nc(C(=O)O)cs4)c(CC4CC4)c3Cc3ccc([SH+](N)=O)c(F)c3)c2)s1. The molecule has 11 heteroatoms. The van der Waals surface area contributed by atoms with E-state index in [1.54, 1.807) is 22.1 Å². The first-order valence-corrected chi connectivity index (χ1v) is 16.4. The van der Waals surface area contributed by atoms with Gasteiger partial charge in [0.15, 0.2) is 22.5 Å². The van der Waals surface area contributed by atoms with Crippen LogP contribution in [0.4, 0.5) is 4.39 Å². The largest absolute Gasteiger partial charge is 0.476 e. The van der Waals surface area contributed by atoms with Gasteiger partial charge in [0.25, 0.3) is 0 Å². The van der Waals surface area contributed by atoms with Gasteiger partial charge in [-0.05, 0) is 79.6 Å². The predicted molar refractivity (Wildman–Crippen MR) is 167 cm³/mol. The van der Waals surface area contributed by atoms with Crippen LogP contribution in [0, 0.1) is 18.7 Å². The van der Waals surface area contributed by atoms with Crippen LogP contribution in [-0.2, 0) is 28.0 Å². The number of carboxylic acids is 1. The van der Waals surface area contributed by atoms with Crippen LogP contribution >= 0.6 is 22.7 Å². The molecule has 0 radical (unpaired) electrons. The fraction of sp³-hybridized carbons (Fsp3) is 0.194. The number of thiol groups is 1. The van der Waals surface area contributed by atoms with Gasteiger partial charge in [0.1, 0.15) is 0 Å². The van der Waals surface area contributed by atoms with Crippen LogP contribution in [0.25, 0.3) is 28.5 Å². The average Bonchev–Trinajstić information content (AvgIpc) is 3.31. The summed E-state index contributed by atoms with van der Waals surface area (Å²) >= 11 is 2.95. The molecule has 0 saturated heterocycles. The van der Waals surface area contributed by atoms with Crippen LogP contribution in [-0.4, -0.2) is 25.8 Å². The van der Waals surface area contributed by atoms with Crippen molar-refractivity contribution in [3.05, 3.63) is 104 Å². The Kier molecular flexibility index (Phi) is 8.00. The molecule has 1 unspecified atom stereocenters. The molecule has 3 aromatic heterocycles. The molecule has 5 aromatic rings. The number of benzene rings is 2. The summed E-state index contributed by atoms with van der Waals surface area (Å²) in [6, 6.07) is 16.9. The van der Waals surface area contributed by atoms with E-state index in [4.69, 9.17) is 10.2 Å². The monoisotopic (exact) mass is 619 g/mol.